The Hall–Kier alpha value is -0.410. The number of hydrogen-bond donors (Lipinski definition) is 1. The van der Waals surface area contributed by atoms with Gasteiger partial charge in [-0.2, -0.15) is 11.3 Å². The normalized spacial score (nSPS) is 15.6. The average molecular weight is 201 g/mol. The minimum absolute atomic E-state index is 0.133. The first-order valence-corrected chi connectivity index (χ1v) is 5.54. The van der Waals surface area contributed by atoms with E-state index in [1.54, 1.807) is 11.3 Å². The summed E-state index contributed by atoms with van der Waals surface area (Å²) in [4.78, 5) is 0. The first-order valence-electron chi connectivity index (χ1n) is 4.60. The lowest BCUT2D eigenvalue weighted by Gasteiger charge is -2.21. The highest BCUT2D eigenvalue weighted by Crippen LogP contribution is 2.22. The lowest BCUT2D eigenvalue weighted by molar-refractivity contribution is 0.154. The molecule has 0 saturated carbocycles. The second kappa shape index (κ2) is 4.72. The van der Waals surface area contributed by atoms with Gasteiger partial charge in [-0.1, -0.05) is 6.92 Å². The maximum atomic E-state index is 13.7. The van der Waals surface area contributed by atoms with Crippen LogP contribution in [0.1, 0.15) is 25.3 Å². The summed E-state index contributed by atoms with van der Waals surface area (Å²) in [7, 11) is 0. The van der Waals surface area contributed by atoms with Gasteiger partial charge in [0.1, 0.15) is 5.67 Å². The number of hydrogen-bond acceptors (Lipinski definition) is 2. The summed E-state index contributed by atoms with van der Waals surface area (Å²) in [5.74, 6) is 0. The van der Waals surface area contributed by atoms with Gasteiger partial charge in [-0.15, -0.1) is 0 Å². The van der Waals surface area contributed by atoms with Crippen LogP contribution in [0.2, 0.25) is 0 Å². The molecule has 0 radical (unpaired) electrons. The molecule has 1 heterocycles. The molecule has 1 nitrogen and oxygen atoms in total. The summed E-state index contributed by atoms with van der Waals surface area (Å²) in [5, 5.41) is 4.08. The highest BCUT2D eigenvalue weighted by atomic mass is 32.1. The van der Waals surface area contributed by atoms with Gasteiger partial charge in [0, 0.05) is 6.54 Å². The Bertz CT molecular complexity index is 229. The van der Waals surface area contributed by atoms with Crippen molar-refractivity contribution in [3.63, 3.8) is 0 Å². The van der Waals surface area contributed by atoms with E-state index in [2.05, 4.69) is 5.38 Å². The molecule has 74 valence electrons. The molecule has 0 amide bonds. The van der Waals surface area contributed by atoms with E-state index in [4.69, 9.17) is 5.73 Å². The van der Waals surface area contributed by atoms with E-state index >= 15 is 0 Å². The van der Waals surface area contributed by atoms with Crippen molar-refractivity contribution in [3.8, 4) is 0 Å². The summed E-state index contributed by atoms with van der Waals surface area (Å²) in [5.41, 5.74) is 5.44. The summed E-state index contributed by atoms with van der Waals surface area (Å²) in [6, 6.07) is 2.04. The van der Waals surface area contributed by atoms with Gasteiger partial charge in [0.15, 0.2) is 0 Å². The first-order chi connectivity index (χ1) is 6.20. The van der Waals surface area contributed by atoms with Gasteiger partial charge in [0.25, 0.3) is 0 Å². The largest absolute Gasteiger partial charge is 0.328 e. The molecular weight excluding hydrogens is 185 g/mol. The van der Waals surface area contributed by atoms with Gasteiger partial charge in [-0.05, 0) is 41.7 Å². The lowest BCUT2D eigenvalue weighted by Crippen LogP contribution is -2.32. The molecule has 0 aliphatic heterocycles. The number of aryl methyl sites for hydroxylation is 1. The molecule has 0 saturated heterocycles. The van der Waals surface area contributed by atoms with E-state index in [9.17, 15) is 4.39 Å². The lowest BCUT2D eigenvalue weighted by atomic mass is 9.95. The molecule has 3 heteroatoms. The van der Waals surface area contributed by atoms with E-state index in [1.807, 2.05) is 18.4 Å². The zero-order valence-corrected chi connectivity index (χ0v) is 8.74. The second-order valence-electron chi connectivity index (χ2n) is 3.34. The zero-order valence-electron chi connectivity index (χ0n) is 7.92. The molecule has 13 heavy (non-hydrogen) atoms. The fourth-order valence-corrected chi connectivity index (χ4v) is 1.93. The minimum Gasteiger partial charge on any atom is -0.328 e. The average Bonchev–Trinajstić information content (AvgIpc) is 2.67. The zero-order chi connectivity index (χ0) is 9.73. The SMILES string of the molecule is CCC(F)(CN)CCc1ccsc1. The molecule has 1 unspecified atom stereocenters. The van der Waals surface area contributed by atoms with E-state index in [1.165, 1.54) is 5.56 Å². The minimum atomic E-state index is -1.16. The van der Waals surface area contributed by atoms with Crippen molar-refractivity contribution in [1.29, 1.82) is 0 Å². The Balaban J connectivity index is 2.41. The smallest absolute Gasteiger partial charge is 0.123 e. The Morgan fingerprint density at radius 3 is 2.85 bits per heavy atom. The van der Waals surface area contributed by atoms with E-state index in [0.717, 1.165) is 6.42 Å². The number of alkyl halides is 1. The number of thiophene rings is 1. The third-order valence-electron chi connectivity index (χ3n) is 2.44. The van der Waals surface area contributed by atoms with Gasteiger partial charge < -0.3 is 5.73 Å². The van der Waals surface area contributed by atoms with Gasteiger partial charge >= 0.3 is 0 Å². The molecule has 0 fully saturated rings. The molecule has 1 rings (SSSR count). The topological polar surface area (TPSA) is 26.0 Å². The van der Waals surface area contributed by atoms with Crippen LogP contribution in [0.25, 0.3) is 0 Å². The van der Waals surface area contributed by atoms with Crippen molar-refractivity contribution in [2.45, 2.75) is 31.9 Å². The van der Waals surface area contributed by atoms with Crippen LogP contribution < -0.4 is 5.73 Å². The Morgan fingerprint density at radius 1 is 1.62 bits per heavy atom. The van der Waals surface area contributed by atoms with Crippen molar-refractivity contribution in [1.82, 2.24) is 0 Å². The predicted octanol–water partition coefficient (Wildman–Crippen LogP) is 2.76. The molecule has 0 aliphatic rings. The van der Waals surface area contributed by atoms with Crippen LogP contribution in [0.5, 0.6) is 0 Å². The Morgan fingerprint density at radius 2 is 2.38 bits per heavy atom. The summed E-state index contributed by atoms with van der Waals surface area (Å²) in [6.45, 7) is 1.98. The van der Waals surface area contributed by atoms with Crippen LogP contribution in [0.15, 0.2) is 16.8 Å². The molecule has 0 spiro atoms. The molecular formula is C10H16FNS. The summed E-state index contributed by atoms with van der Waals surface area (Å²) in [6.07, 6.45) is 1.84. The molecule has 1 aromatic rings. The standard InChI is InChI=1S/C10H16FNS/c1-2-10(11,8-12)5-3-9-4-6-13-7-9/h4,6-7H,2-3,5,8,12H2,1H3. The van der Waals surface area contributed by atoms with Crippen molar-refractivity contribution in [3.05, 3.63) is 22.4 Å². The van der Waals surface area contributed by atoms with Gasteiger partial charge in [0.2, 0.25) is 0 Å². The summed E-state index contributed by atoms with van der Waals surface area (Å²) >= 11 is 1.65. The van der Waals surface area contributed by atoms with Crippen molar-refractivity contribution in [2.24, 2.45) is 5.73 Å². The second-order valence-corrected chi connectivity index (χ2v) is 4.12. The molecule has 1 atom stereocenters. The van der Waals surface area contributed by atoms with E-state index in [0.29, 0.717) is 12.8 Å². The third-order valence-corrected chi connectivity index (χ3v) is 3.17. The molecule has 0 aliphatic carbocycles. The number of nitrogens with two attached hydrogens (primary N) is 1. The molecule has 0 bridgehead atoms. The first kappa shape index (κ1) is 10.7. The Kier molecular flexibility index (Phi) is 3.88. The monoisotopic (exact) mass is 201 g/mol. The fourth-order valence-electron chi connectivity index (χ4n) is 1.23. The maximum absolute atomic E-state index is 13.7. The Labute approximate surface area is 82.8 Å². The highest BCUT2D eigenvalue weighted by Gasteiger charge is 2.24. The van der Waals surface area contributed by atoms with Gasteiger partial charge in [-0.25, -0.2) is 4.39 Å². The fraction of sp³-hybridized carbons (Fsp3) is 0.600. The van der Waals surface area contributed by atoms with E-state index in [-0.39, 0.29) is 6.54 Å². The molecule has 1 aromatic heterocycles. The van der Waals surface area contributed by atoms with Crippen LogP contribution in [-0.4, -0.2) is 12.2 Å². The summed E-state index contributed by atoms with van der Waals surface area (Å²) < 4.78 is 13.7. The number of halogens is 1. The maximum Gasteiger partial charge on any atom is 0.123 e. The van der Waals surface area contributed by atoms with Crippen LogP contribution in [-0.2, 0) is 6.42 Å². The van der Waals surface area contributed by atoms with Crippen molar-refractivity contribution in [2.75, 3.05) is 6.54 Å². The predicted molar refractivity (Wildman–Crippen MR) is 55.8 cm³/mol. The van der Waals surface area contributed by atoms with Crippen LogP contribution in [0.4, 0.5) is 4.39 Å². The molecule has 0 aromatic carbocycles. The van der Waals surface area contributed by atoms with Gasteiger partial charge in [-0.3, -0.25) is 0 Å². The highest BCUT2D eigenvalue weighted by molar-refractivity contribution is 7.07. The number of rotatable bonds is 5. The van der Waals surface area contributed by atoms with Crippen LogP contribution in [0.3, 0.4) is 0 Å². The quantitative estimate of drug-likeness (QED) is 0.779. The van der Waals surface area contributed by atoms with Crippen LogP contribution in [0, 0.1) is 0 Å². The van der Waals surface area contributed by atoms with Crippen molar-refractivity contribution >= 4 is 11.3 Å². The van der Waals surface area contributed by atoms with Gasteiger partial charge in [0.05, 0.1) is 0 Å². The van der Waals surface area contributed by atoms with Crippen LogP contribution >= 0.6 is 11.3 Å². The van der Waals surface area contributed by atoms with E-state index < -0.39 is 5.67 Å². The third kappa shape index (κ3) is 3.08. The molecule has 2 N–H and O–H groups in total. The van der Waals surface area contributed by atoms with Crippen molar-refractivity contribution < 1.29 is 4.39 Å².